The standard InChI is InChI=1S/C22H40N4O4/c1-14(2)16(12-15(3)21(29)30)26(9)20(28)18(22(4,5)6)23-19(27)17-13-24(7)10-11-25(17)8/h12,14,16-18H,10-11,13H2,1-9H3,(H,23,27)(H,29,30)/t16-,17?,18-/m1/s1. The molecule has 2 N–H and O–H groups in total. The van der Waals surface area contributed by atoms with Gasteiger partial charge < -0.3 is 20.2 Å². The van der Waals surface area contributed by atoms with Crippen LogP contribution in [0, 0.1) is 11.3 Å². The van der Waals surface area contributed by atoms with Gasteiger partial charge in [0.05, 0.1) is 6.04 Å². The van der Waals surface area contributed by atoms with E-state index in [1.54, 1.807) is 18.0 Å². The van der Waals surface area contributed by atoms with Gasteiger partial charge in [-0.3, -0.25) is 14.5 Å². The molecule has 1 heterocycles. The molecule has 1 aliphatic rings. The summed E-state index contributed by atoms with van der Waals surface area (Å²) in [7, 11) is 5.58. The summed E-state index contributed by atoms with van der Waals surface area (Å²) in [6, 6.07) is -1.43. The van der Waals surface area contributed by atoms with Crippen LogP contribution in [-0.2, 0) is 14.4 Å². The highest BCUT2D eigenvalue weighted by Crippen LogP contribution is 2.24. The lowest BCUT2D eigenvalue weighted by molar-refractivity contribution is -0.142. The van der Waals surface area contributed by atoms with Crippen molar-refractivity contribution in [3.63, 3.8) is 0 Å². The number of rotatable bonds is 7. The lowest BCUT2D eigenvalue weighted by Gasteiger charge is -2.40. The molecule has 2 amide bonds. The molecule has 0 aromatic rings. The first kappa shape index (κ1) is 26.1. The number of aliphatic carboxylic acids is 1. The van der Waals surface area contributed by atoms with E-state index in [1.807, 2.05) is 53.6 Å². The number of piperazine rings is 1. The highest BCUT2D eigenvalue weighted by Gasteiger charge is 2.39. The van der Waals surface area contributed by atoms with Crippen LogP contribution in [0.3, 0.4) is 0 Å². The maximum absolute atomic E-state index is 13.5. The Bertz CT molecular complexity index is 669. The number of hydrogen-bond donors (Lipinski definition) is 2. The van der Waals surface area contributed by atoms with Crippen LogP contribution in [0.25, 0.3) is 0 Å². The molecular weight excluding hydrogens is 384 g/mol. The van der Waals surface area contributed by atoms with Gasteiger partial charge >= 0.3 is 5.97 Å². The van der Waals surface area contributed by atoms with E-state index in [1.165, 1.54) is 6.92 Å². The quantitative estimate of drug-likeness (QED) is 0.598. The third-order valence-corrected chi connectivity index (χ3v) is 5.79. The Morgan fingerprint density at radius 3 is 2.20 bits per heavy atom. The summed E-state index contributed by atoms with van der Waals surface area (Å²) in [5, 5.41) is 12.2. The number of hydrogen-bond acceptors (Lipinski definition) is 5. The highest BCUT2D eigenvalue weighted by atomic mass is 16.4. The second-order valence-corrected chi connectivity index (χ2v) is 9.90. The van der Waals surface area contributed by atoms with Gasteiger partial charge in [-0.25, -0.2) is 4.79 Å². The molecule has 8 heteroatoms. The molecule has 8 nitrogen and oxygen atoms in total. The maximum atomic E-state index is 13.5. The predicted molar refractivity (Wildman–Crippen MR) is 118 cm³/mol. The summed E-state index contributed by atoms with van der Waals surface area (Å²) in [6.07, 6.45) is 1.61. The number of carboxylic acids is 1. The van der Waals surface area contributed by atoms with Crippen molar-refractivity contribution in [1.82, 2.24) is 20.0 Å². The molecule has 1 rings (SSSR count). The van der Waals surface area contributed by atoms with Crippen LogP contribution in [0.5, 0.6) is 0 Å². The zero-order valence-corrected chi connectivity index (χ0v) is 20.0. The van der Waals surface area contributed by atoms with Gasteiger partial charge in [0, 0.05) is 32.3 Å². The van der Waals surface area contributed by atoms with Crippen molar-refractivity contribution in [2.24, 2.45) is 11.3 Å². The molecular formula is C22H40N4O4. The number of amides is 2. The molecule has 1 unspecified atom stereocenters. The van der Waals surface area contributed by atoms with Crippen molar-refractivity contribution in [1.29, 1.82) is 0 Å². The SMILES string of the molecule is CC(=C[C@H](C(C)C)N(C)C(=O)[C@@H](NC(=O)C1CN(C)CCN1C)C(C)(C)C)C(=O)O. The fourth-order valence-electron chi connectivity index (χ4n) is 3.61. The van der Waals surface area contributed by atoms with E-state index in [0.717, 1.165) is 13.1 Å². The first-order chi connectivity index (χ1) is 13.7. The first-order valence-electron chi connectivity index (χ1n) is 10.5. The second-order valence-electron chi connectivity index (χ2n) is 9.90. The van der Waals surface area contributed by atoms with E-state index >= 15 is 0 Å². The number of carboxylic acid groups (broad SMARTS) is 1. The van der Waals surface area contributed by atoms with Crippen molar-refractivity contribution < 1.29 is 19.5 Å². The monoisotopic (exact) mass is 424 g/mol. The number of carbonyl (C=O) groups is 3. The van der Waals surface area contributed by atoms with E-state index in [9.17, 15) is 19.5 Å². The summed E-state index contributed by atoms with van der Waals surface area (Å²) in [4.78, 5) is 43.5. The fourth-order valence-corrected chi connectivity index (χ4v) is 3.61. The van der Waals surface area contributed by atoms with Crippen LogP contribution in [0.4, 0.5) is 0 Å². The fraction of sp³-hybridized carbons (Fsp3) is 0.773. The smallest absolute Gasteiger partial charge is 0.331 e. The van der Waals surface area contributed by atoms with Crippen molar-refractivity contribution in [3.05, 3.63) is 11.6 Å². The average molecular weight is 425 g/mol. The number of nitrogens with one attached hydrogen (secondary N) is 1. The molecule has 0 aliphatic carbocycles. The third-order valence-electron chi connectivity index (χ3n) is 5.79. The molecule has 0 aromatic heterocycles. The minimum absolute atomic E-state index is 0.0164. The Morgan fingerprint density at radius 2 is 1.73 bits per heavy atom. The van der Waals surface area contributed by atoms with Crippen molar-refractivity contribution in [2.45, 2.75) is 59.7 Å². The molecule has 0 aromatic carbocycles. The van der Waals surface area contributed by atoms with Crippen LogP contribution < -0.4 is 5.32 Å². The van der Waals surface area contributed by atoms with E-state index in [-0.39, 0.29) is 35.4 Å². The van der Waals surface area contributed by atoms with E-state index in [0.29, 0.717) is 6.54 Å². The lowest BCUT2D eigenvalue weighted by Crippen LogP contribution is -2.62. The zero-order chi connectivity index (χ0) is 23.4. The summed E-state index contributed by atoms with van der Waals surface area (Å²) in [6.45, 7) is 13.5. The van der Waals surface area contributed by atoms with Crippen LogP contribution in [0.15, 0.2) is 11.6 Å². The molecule has 30 heavy (non-hydrogen) atoms. The minimum atomic E-state index is -1.01. The van der Waals surface area contributed by atoms with Gasteiger partial charge in [0.2, 0.25) is 11.8 Å². The van der Waals surface area contributed by atoms with Crippen LogP contribution in [-0.4, -0.2) is 96.5 Å². The zero-order valence-electron chi connectivity index (χ0n) is 20.0. The summed E-state index contributed by atoms with van der Waals surface area (Å²) in [5.74, 6) is -1.38. The molecule has 172 valence electrons. The van der Waals surface area contributed by atoms with Gasteiger partial charge in [-0.15, -0.1) is 0 Å². The molecule has 1 aliphatic heterocycles. The van der Waals surface area contributed by atoms with Crippen molar-refractivity contribution in [2.75, 3.05) is 40.8 Å². The lowest BCUT2D eigenvalue weighted by atomic mass is 9.84. The maximum Gasteiger partial charge on any atom is 0.331 e. The van der Waals surface area contributed by atoms with E-state index in [2.05, 4.69) is 10.2 Å². The third kappa shape index (κ3) is 6.80. The minimum Gasteiger partial charge on any atom is -0.478 e. The Balaban J connectivity index is 3.12. The number of likely N-dealkylation sites (N-methyl/N-ethyl adjacent to an activating group) is 3. The van der Waals surface area contributed by atoms with Crippen LogP contribution in [0.1, 0.15) is 41.5 Å². The average Bonchev–Trinajstić information content (AvgIpc) is 2.63. The normalized spacial score (nSPS) is 21.3. The first-order valence-corrected chi connectivity index (χ1v) is 10.5. The largest absolute Gasteiger partial charge is 0.478 e. The second kappa shape index (κ2) is 10.4. The van der Waals surface area contributed by atoms with Gasteiger partial charge in [0.25, 0.3) is 0 Å². The summed E-state index contributed by atoms with van der Waals surface area (Å²) in [5.41, 5.74) is -0.315. The molecule has 0 spiro atoms. The predicted octanol–water partition coefficient (Wildman–Crippen LogP) is 1.28. The molecule has 0 bridgehead atoms. The van der Waals surface area contributed by atoms with E-state index in [4.69, 9.17) is 0 Å². The van der Waals surface area contributed by atoms with Gasteiger partial charge in [-0.2, -0.15) is 0 Å². The molecule has 0 saturated carbocycles. The molecule has 3 atom stereocenters. The molecule has 1 fully saturated rings. The Kier molecular flexibility index (Phi) is 9.05. The van der Waals surface area contributed by atoms with Gasteiger partial charge in [-0.05, 0) is 32.4 Å². The topological polar surface area (TPSA) is 93.2 Å². The van der Waals surface area contributed by atoms with Crippen molar-refractivity contribution in [3.8, 4) is 0 Å². The Hall–Kier alpha value is -1.93. The molecule has 1 saturated heterocycles. The van der Waals surface area contributed by atoms with E-state index < -0.39 is 17.4 Å². The van der Waals surface area contributed by atoms with Crippen LogP contribution >= 0.6 is 0 Å². The van der Waals surface area contributed by atoms with Gasteiger partial charge in [0.15, 0.2) is 0 Å². The summed E-state index contributed by atoms with van der Waals surface area (Å²) < 4.78 is 0. The molecule has 0 radical (unpaired) electrons. The number of nitrogens with zero attached hydrogens (tertiary/aromatic N) is 3. The van der Waals surface area contributed by atoms with Gasteiger partial charge in [-0.1, -0.05) is 40.7 Å². The summed E-state index contributed by atoms with van der Waals surface area (Å²) >= 11 is 0. The van der Waals surface area contributed by atoms with Gasteiger partial charge in [0.1, 0.15) is 12.1 Å². The van der Waals surface area contributed by atoms with Crippen molar-refractivity contribution >= 4 is 17.8 Å². The Morgan fingerprint density at radius 1 is 1.17 bits per heavy atom. The number of carbonyl (C=O) groups excluding carboxylic acids is 2. The Labute approximate surface area is 181 Å². The van der Waals surface area contributed by atoms with Crippen LogP contribution in [0.2, 0.25) is 0 Å². The highest BCUT2D eigenvalue weighted by molar-refractivity contribution is 5.91.